The number of unbranched alkanes of at least 4 members (excludes halogenated alkanes) is 10. The Balaban J connectivity index is -0.000000899. The van der Waals surface area contributed by atoms with Crippen molar-refractivity contribution < 1.29 is 41.9 Å². The van der Waals surface area contributed by atoms with Gasteiger partial charge >= 0.3 is 47.5 Å². The summed E-state index contributed by atoms with van der Waals surface area (Å²) in [5, 5.41) is 6.47. The molecular weight excluding hydrogens is 583 g/mol. The van der Waals surface area contributed by atoms with E-state index in [4.69, 9.17) is 14.6 Å². The van der Waals surface area contributed by atoms with Crippen molar-refractivity contribution in [3.05, 3.63) is 0 Å². The Morgan fingerprint density at radius 2 is 1.07 bits per heavy atom. The van der Waals surface area contributed by atoms with Gasteiger partial charge in [-0.05, 0) is 31.1 Å². The van der Waals surface area contributed by atoms with Crippen LogP contribution in [0.1, 0.15) is 157 Å². The maximum atomic E-state index is 12.2. The van der Waals surface area contributed by atoms with Crippen molar-refractivity contribution in [1.29, 1.82) is 0 Å². The first-order valence-electron chi connectivity index (χ1n) is 16.5. The molecule has 11 heteroatoms. The molecule has 0 saturated heterocycles. The number of carboxylic acid groups (broad SMARTS) is 1. The van der Waals surface area contributed by atoms with E-state index in [1.54, 1.807) is 0 Å². The molecule has 0 fully saturated rings. The van der Waals surface area contributed by atoms with Crippen molar-refractivity contribution >= 4 is 57.6 Å². The van der Waals surface area contributed by atoms with Gasteiger partial charge in [0.2, 0.25) is 0 Å². The first-order chi connectivity index (χ1) is 20.0. The molecule has 0 spiro atoms. The molecule has 0 amide bonds. The maximum absolute atomic E-state index is 12.2. The summed E-state index contributed by atoms with van der Waals surface area (Å²) in [6.07, 6.45) is 18.2. The summed E-state index contributed by atoms with van der Waals surface area (Å²) >= 11 is 0. The SMILES string of the molecule is CCCCC(CC)COC(=O)CC(C(=O)OCC(CC)CCCC)S(=O)(=O)O.CCCCCCCCCCCC(=O)O.[NaH]. The summed E-state index contributed by atoms with van der Waals surface area (Å²) in [7, 11) is -4.76. The molecule has 0 saturated carbocycles. The number of aliphatic carboxylic acids is 1. The molecule has 43 heavy (non-hydrogen) atoms. The second-order valence-corrected chi connectivity index (χ2v) is 12.9. The van der Waals surface area contributed by atoms with E-state index in [0.29, 0.717) is 6.42 Å². The van der Waals surface area contributed by atoms with E-state index < -0.39 is 39.7 Å². The fourth-order valence-corrected chi connectivity index (χ4v) is 5.07. The molecule has 3 unspecified atom stereocenters. The van der Waals surface area contributed by atoms with Crippen LogP contribution >= 0.6 is 0 Å². The number of esters is 2. The zero-order chi connectivity index (χ0) is 32.2. The van der Waals surface area contributed by atoms with Gasteiger partial charge < -0.3 is 14.6 Å². The van der Waals surface area contributed by atoms with Crippen LogP contribution in [-0.4, -0.2) is 84.0 Å². The van der Waals surface area contributed by atoms with E-state index in [1.165, 1.54) is 44.9 Å². The van der Waals surface area contributed by atoms with Gasteiger partial charge in [-0.15, -0.1) is 0 Å². The van der Waals surface area contributed by atoms with Crippen molar-refractivity contribution in [2.75, 3.05) is 13.2 Å². The van der Waals surface area contributed by atoms with Crippen molar-refractivity contribution in [2.45, 2.75) is 162 Å². The van der Waals surface area contributed by atoms with Gasteiger partial charge in [0, 0.05) is 6.42 Å². The molecule has 0 heterocycles. The van der Waals surface area contributed by atoms with Gasteiger partial charge in [0.25, 0.3) is 10.1 Å². The number of ether oxygens (including phenoxy) is 2. The molecule has 0 aromatic rings. The van der Waals surface area contributed by atoms with Crippen LogP contribution in [0, 0.1) is 11.8 Å². The van der Waals surface area contributed by atoms with Crippen LogP contribution in [0.5, 0.6) is 0 Å². The first-order valence-corrected chi connectivity index (χ1v) is 18.0. The fourth-order valence-electron chi connectivity index (χ4n) is 4.41. The molecule has 0 bridgehead atoms. The Labute approximate surface area is 285 Å². The van der Waals surface area contributed by atoms with E-state index >= 15 is 0 Å². The molecule has 2 N–H and O–H groups in total. The second kappa shape index (κ2) is 31.3. The summed E-state index contributed by atoms with van der Waals surface area (Å²) in [4.78, 5) is 34.4. The predicted octanol–water partition coefficient (Wildman–Crippen LogP) is 7.50. The summed E-state index contributed by atoms with van der Waals surface area (Å²) in [6.45, 7) is 10.6. The van der Waals surface area contributed by atoms with Gasteiger partial charge in [-0.25, -0.2) is 0 Å². The number of carbonyl (C=O) groups is 3. The molecule has 0 aliphatic carbocycles. The van der Waals surface area contributed by atoms with Crippen molar-refractivity contribution in [3.8, 4) is 0 Å². The van der Waals surface area contributed by atoms with Crippen LogP contribution in [0.4, 0.5) is 0 Å². The summed E-state index contributed by atoms with van der Waals surface area (Å²) in [5.74, 6) is -2.27. The van der Waals surface area contributed by atoms with Crippen LogP contribution in [-0.2, 0) is 34.0 Å². The average molecular weight is 647 g/mol. The molecule has 0 aliphatic rings. The molecule has 0 aromatic carbocycles. The van der Waals surface area contributed by atoms with E-state index in [-0.39, 0.29) is 54.6 Å². The standard InChI is InChI=1S/C20H38O7S.C12H24O2.Na.H/c1-5-9-11-16(7-3)14-26-19(21)13-18(28(23,24)25)20(22)27-15-17(8-4)12-10-6-2;1-2-3-4-5-6-7-8-9-10-11-12(13)14;;/h16-18H,5-15H2,1-4H3,(H,23,24,25);2-11H2,1H3,(H,13,14);;. The second-order valence-electron chi connectivity index (χ2n) is 11.3. The Morgan fingerprint density at radius 3 is 1.47 bits per heavy atom. The minimum absolute atomic E-state index is 0. The molecular formula is C32H63NaO9S. The number of carboxylic acids is 1. The van der Waals surface area contributed by atoms with Gasteiger partial charge in [-0.2, -0.15) is 8.42 Å². The van der Waals surface area contributed by atoms with Crippen LogP contribution in [0.3, 0.4) is 0 Å². The van der Waals surface area contributed by atoms with Crippen LogP contribution in [0.2, 0.25) is 0 Å². The Hall–Kier alpha value is -0.680. The molecule has 3 atom stereocenters. The minimum atomic E-state index is -4.76. The van der Waals surface area contributed by atoms with Crippen LogP contribution in [0.15, 0.2) is 0 Å². The predicted molar refractivity (Wildman–Crippen MR) is 175 cm³/mol. The summed E-state index contributed by atoms with van der Waals surface area (Å²) in [5.41, 5.74) is 0. The zero-order valence-corrected chi connectivity index (χ0v) is 28.1. The fraction of sp³-hybridized carbons (Fsp3) is 0.906. The van der Waals surface area contributed by atoms with Gasteiger partial charge in [0.05, 0.1) is 19.6 Å². The normalized spacial score (nSPS) is 13.1. The summed E-state index contributed by atoms with van der Waals surface area (Å²) < 4.78 is 42.8. The Kier molecular flexibility index (Phi) is 34.0. The third kappa shape index (κ3) is 29.8. The van der Waals surface area contributed by atoms with Crippen LogP contribution in [0.25, 0.3) is 0 Å². The van der Waals surface area contributed by atoms with Gasteiger partial charge in [-0.1, -0.05) is 125 Å². The number of rotatable bonds is 26. The average Bonchev–Trinajstić information content (AvgIpc) is 2.94. The Morgan fingerprint density at radius 1 is 0.651 bits per heavy atom. The van der Waals surface area contributed by atoms with Crippen molar-refractivity contribution in [2.24, 2.45) is 11.8 Å². The molecule has 0 aromatic heterocycles. The zero-order valence-electron chi connectivity index (χ0n) is 27.2. The quantitative estimate of drug-likeness (QED) is 0.0422. The van der Waals surface area contributed by atoms with E-state index in [1.807, 2.05) is 13.8 Å². The van der Waals surface area contributed by atoms with E-state index in [2.05, 4.69) is 20.8 Å². The summed E-state index contributed by atoms with van der Waals surface area (Å²) in [6, 6.07) is 0. The van der Waals surface area contributed by atoms with E-state index in [0.717, 1.165) is 64.2 Å². The third-order valence-electron chi connectivity index (χ3n) is 7.50. The Bertz CT molecular complexity index is 790. The number of hydrogen-bond acceptors (Lipinski definition) is 7. The molecule has 252 valence electrons. The van der Waals surface area contributed by atoms with Gasteiger partial charge in [-0.3, -0.25) is 18.9 Å². The molecule has 0 rings (SSSR count). The monoisotopic (exact) mass is 646 g/mol. The number of carbonyl (C=O) groups excluding carboxylic acids is 2. The number of hydrogen-bond donors (Lipinski definition) is 2. The van der Waals surface area contributed by atoms with Crippen molar-refractivity contribution in [1.82, 2.24) is 0 Å². The molecule has 0 radical (unpaired) electrons. The van der Waals surface area contributed by atoms with Crippen molar-refractivity contribution in [3.63, 3.8) is 0 Å². The van der Waals surface area contributed by atoms with Gasteiger partial charge in [0.1, 0.15) is 0 Å². The first kappa shape index (κ1) is 46.7. The molecule has 9 nitrogen and oxygen atoms in total. The van der Waals surface area contributed by atoms with E-state index in [9.17, 15) is 27.4 Å². The van der Waals surface area contributed by atoms with Gasteiger partial charge in [0.15, 0.2) is 5.25 Å². The van der Waals surface area contributed by atoms with Crippen LogP contribution < -0.4 is 0 Å². The third-order valence-corrected chi connectivity index (χ3v) is 8.57. The topological polar surface area (TPSA) is 144 Å². The molecule has 0 aliphatic heterocycles.